The average Bonchev–Trinajstić information content (AvgIpc) is 3.19. The largest absolute Gasteiger partial charge is 0.380 e. The predicted octanol–water partition coefficient (Wildman–Crippen LogP) is 6.65. The summed E-state index contributed by atoms with van der Waals surface area (Å²) in [4.78, 5) is 0. The third kappa shape index (κ3) is 3.70. The van der Waals surface area contributed by atoms with Gasteiger partial charge in [-0.25, -0.2) is 0 Å². The van der Waals surface area contributed by atoms with Crippen LogP contribution in [0.2, 0.25) is 10.0 Å². The second-order valence-corrected chi connectivity index (χ2v) is 7.80. The van der Waals surface area contributed by atoms with Gasteiger partial charge in [-0.05, 0) is 45.5 Å². The first-order valence-corrected chi connectivity index (χ1v) is 10.2. The van der Waals surface area contributed by atoms with E-state index >= 15 is 0 Å². The summed E-state index contributed by atoms with van der Waals surface area (Å²) in [5, 5.41) is 1.40. The molecule has 0 saturated heterocycles. The SMILES string of the molecule is COCc1c(COC)c(-c2ccccc2Cl)c2c(c1-c1ccccc1Cl)COC2. The molecular weight excluding hydrogens is 407 g/mol. The zero-order chi connectivity index (χ0) is 20.4. The number of hydrogen-bond acceptors (Lipinski definition) is 3. The van der Waals surface area contributed by atoms with E-state index in [2.05, 4.69) is 0 Å². The van der Waals surface area contributed by atoms with Gasteiger partial charge in [0, 0.05) is 35.4 Å². The highest BCUT2D eigenvalue weighted by Gasteiger charge is 2.29. The number of methoxy groups -OCH3 is 2. The van der Waals surface area contributed by atoms with Crippen molar-refractivity contribution in [3.8, 4) is 22.3 Å². The van der Waals surface area contributed by atoms with Gasteiger partial charge in [-0.1, -0.05) is 59.6 Å². The maximum atomic E-state index is 6.61. The van der Waals surface area contributed by atoms with Gasteiger partial charge in [-0.3, -0.25) is 0 Å². The molecule has 0 saturated carbocycles. The van der Waals surface area contributed by atoms with Crippen molar-refractivity contribution in [1.82, 2.24) is 0 Å². The molecule has 29 heavy (non-hydrogen) atoms. The highest BCUT2D eigenvalue weighted by atomic mass is 35.5. The molecule has 3 nitrogen and oxygen atoms in total. The summed E-state index contributed by atoms with van der Waals surface area (Å²) in [5.41, 5.74) is 8.50. The molecule has 1 aliphatic heterocycles. The summed E-state index contributed by atoms with van der Waals surface area (Å²) in [6.07, 6.45) is 0. The lowest BCUT2D eigenvalue weighted by Crippen LogP contribution is -2.09. The van der Waals surface area contributed by atoms with Crippen molar-refractivity contribution in [2.24, 2.45) is 0 Å². The van der Waals surface area contributed by atoms with E-state index in [-0.39, 0.29) is 0 Å². The number of ether oxygens (including phenoxy) is 3. The van der Waals surface area contributed by atoms with Crippen LogP contribution in [0.4, 0.5) is 0 Å². The second kappa shape index (κ2) is 8.86. The van der Waals surface area contributed by atoms with Crippen molar-refractivity contribution < 1.29 is 14.2 Å². The third-order valence-electron chi connectivity index (χ3n) is 5.29. The Balaban J connectivity index is 2.12. The zero-order valence-electron chi connectivity index (χ0n) is 16.4. The lowest BCUT2D eigenvalue weighted by atomic mass is 9.82. The number of halogens is 2. The molecule has 5 heteroatoms. The fourth-order valence-electron chi connectivity index (χ4n) is 4.13. The summed E-state index contributed by atoms with van der Waals surface area (Å²) in [5.74, 6) is 0. The normalized spacial score (nSPS) is 13.0. The molecule has 150 valence electrons. The lowest BCUT2D eigenvalue weighted by molar-refractivity contribution is 0.134. The Labute approximate surface area is 181 Å². The van der Waals surface area contributed by atoms with Gasteiger partial charge < -0.3 is 14.2 Å². The maximum Gasteiger partial charge on any atom is 0.0731 e. The molecule has 0 radical (unpaired) electrons. The van der Waals surface area contributed by atoms with Gasteiger partial charge in [0.25, 0.3) is 0 Å². The van der Waals surface area contributed by atoms with E-state index in [0.29, 0.717) is 36.5 Å². The Morgan fingerprint density at radius 1 is 0.724 bits per heavy atom. The molecule has 0 aliphatic carbocycles. The van der Waals surface area contributed by atoms with Crippen LogP contribution in [0.3, 0.4) is 0 Å². The number of hydrogen-bond donors (Lipinski definition) is 0. The van der Waals surface area contributed by atoms with E-state index in [0.717, 1.165) is 44.5 Å². The highest BCUT2D eigenvalue weighted by molar-refractivity contribution is 6.34. The molecule has 0 atom stereocenters. The smallest absolute Gasteiger partial charge is 0.0731 e. The van der Waals surface area contributed by atoms with E-state index in [1.54, 1.807) is 14.2 Å². The van der Waals surface area contributed by atoms with Crippen molar-refractivity contribution in [2.45, 2.75) is 26.4 Å². The molecule has 0 amide bonds. The second-order valence-electron chi connectivity index (χ2n) is 6.98. The first kappa shape index (κ1) is 20.4. The molecule has 0 N–H and O–H groups in total. The molecule has 0 fully saturated rings. The summed E-state index contributed by atoms with van der Waals surface area (Å²) in [6, 6.07) is 15.8. The molecule has 0 bridgehead atoms. The topological polar surface area (TPSA) is 27.7 Å². The average molecular weight is 429 g/mol. The van der Waals surface area contributed by atoms with Gasteiger partial charge in [-0.15, -0.1) is 0 Å². The summed E-state index contributed by atoms with van der Waals surface area (Å²) in [6.45, 7) is 1.92. The van der Waals surface area contributed by atoms with Gasteiger partial charge in [0.1, 0.15) is 0 Å². The van der Waals surface area contributed by atoms with Gasteiger partial charge in [0.05, 0.1) is 26.4 Å². The van der Waals surface area contributed by atoms with Crippen LogP contribution in [0.15, 0.2) is 48.5 Å². The molecule has 1 heterocycles. The van der Waals surface area contributed by atoms with Crippen LogP contribution in [-0.2, 0) is 40.6 Å². The summed E-state index contributed by atoms with van der Waals surface area (Å²) < 4.78 is 17.2. The first-order valence-electron chi connectivity index (χ1n) is 9.42. The minimum atomic E-state index is 0.435. The monoisotopic (exact) mass is 428 g/mol. The van der Waals surface area contributed by atoms with Crippen LogP contribution in [-0.4, -0.2) is 14.2 Å². The number of fused-ring (bicyclic) bond motifs is 1. The Morgan fingerprint density at radius 3 is 1.52 bits per heavy atom. The number of benzene rings is 3. The van der Waals surface area contributed by atoms with E-state index in [1.807, 2.05) is 48.5 Å². The van der Waals surface area contributed by atoms with E-state index < -0.39 is 0 Å². The fourth-order valence-corrected chi connectivity index (χ4v) is 4.59. The Bertz CT molecular complexity index is 964. The van der Waals surface area contributed by atoms with Crippen molar-refractivity contribution >= 4 is 23.2 Å². The maximum absolute atomic E-state index is 6.61. The minimum absolute atomic E-state index is 0.435. The van der Waals surface area contributed by atoms with Gasteiger partial charge in [0.15, 0.2) is 0 Å². The van der Waals surface area contributed by atoms with Gasteiger partial charge >= 0.3 is 0 Å². The third-order valence-corrected chi connectivity index (χ3v) is 5.95. The van der Waals surface area contributed by atoms with E-state index in [4.69, 9.17) is 37.4 Å². The number of rotatable bonds is 6. The first-order chi connectivity index (χ1) is 14.2. The molecular formula is C24H22Cl2O3. The van der Waals surface area contributed by atoms with Crippen LogP contribution < -0.4 is 0 Å². The Hall–Kier alpha value is -1.88. The van der Waals surface area contributed by atoms with Crippen LogP contribution >= 0.6 is 23.2 Å². The zero-order valence-corrected chi connectivity index (χ0v) is 17.9. The molecule has 0 spiro atoms. The summed E-state index contributed by atoms with van der Waals surface area (Å²) in [7, 11) is 3.40. The van der Waals surface area contributed by atoms with Crippen LogP contribution in [0.1, 0.15) is 22.3 Å². The van der Waals surface area contributed by atoms with Crippen molar-refractivity contribution in [2.75, 3.05) is 14.2 Å². The van der Waals surface area contributed by atoms with Crippen molar-refractivity contribution in [3.05, 3.63) is 80.8 Å². The standard InChI is InChI=1S/C24H22Cl2O3/c1-27-11-17-18(12-28-2)24(16-8-4-6-10-22(16)26)20-14-29-13-19(20)23(17)15-7-3-5-9-21(15)25/h3-10H,11-14H2,1-2H3. The van der Waals surface area contributed by atoms with Crippen molar-refractivity contribution in [3.63, 3.8) is 0 Å². The van der Waals surface area contributed by atoms with Crippen LogP contribution in [0.25, 0.3) is 22.3 Å². The Kier molecular flexibility index (Phi) is 6.23. The Morgan fingerprint density at radius 2 is 1.14 bits per heavy atom. The fraction of sp³-hybridized carbons (Fsp3) is 0.250. The van der Waals surface area contributed by atoms with Gasteiger partial charge in [-0.2, -0.15) is 0 Å². The lowest BCUT2D eigenvalue weighted by Gasteiger charge is -2.24. The molecule has 4 rings (SSSR count). The van der Waals surface area contributed by atoms with Crippen molar-refractivity contribution in [1.29, 1.82) is 0 Å². The minimum Gasteiger partial charge on any atom is -0.380 e. The highest BCUT2D eigenvalue weighted by Crippen LogP contribution is 2.46. The van der Waals surface area contributed by atoms with E-state index in [1.165, 1.54) is 0 Å². The summed E-state index contributed by atoms with van der Waals surface area (Å²) >= 11 is 13.2. The van der Waals surface area contributed by atoms with Gasteiger partial charge in [0.2, 0.25) is 0 Å². The molecule has 1 aliphatic rings. The quantitative estimate of drug-likeness (QED) is 0.439. The predicted molar refractivity (Wildman–Crippen MR) is 117 cm³/mol. The van der Waals surface area contributed by atoms with Crippen LogP contribution in [0, 0.1) is 0 Å². The molecule has 3 aromatic carbocycles. The molecule has 0 aromatic heterocycles. The molecule has 0 unspecified atom stereocenters. The molecule has 3 aromatic rings. The van der Waals surface area contributed by atoms with E-state index in [9.17, 15) is 0 Å². The van der Waals surface area contributed by atoms with Crippen LogP contribution in [0.5, 0.6) is 0 Å².